The Kier molecular flexibility index (Phi) is 7.05. The minimum Gasteiger partial charge on any atom is -0.462 e. The lowest BCUT2D eigenvalue weighted by molar-refractivity contribution is 0.0526. The Labute approximate surface area is 192 Å². The molecule has 31 heavy (non-hydrogen) atoms. The van der Waals surface area contributed by atoms with Crippen molar-refractivity contribution in [3.63, 3.8) is 0 Å². The Balaban J connectivity index is 1.76. The van der Waals surface area contributed by atoms with Crippen LogP contribution in [-0.2, 0) is 21.3 Å². The van der Waals surface area contributed by atoms with Gasteiger partial charge in [-0.15, -0.1) is 11.3 Å². The third kappa shape index (κ3) is 5.45. The van der Waals surface area contributed by atoms with E-state index in [0.717, 1.165) is 11.3 Å². The van der Waals surface area contributed by atoms with E-state index in [2.05, 4.69) is 4.98 Å². The lowest BCUT2D eigenvalue weighted by Gasteiger charge is -2.09. The summed E-state index contributed by atoms with van der Waals surface area (Å²) in [5.41, 5.74) is 0.947. The van der Waals surface area contributed by atoms with Crippen molar-refractivity contribution in [2.24, 2.45) is 0 Å². The Bertz CT molecular complexity index is 1250. The van der Waals surface area contributed by atoms with Gasteiger partial charge in [0.05, 0.1) is 23.1 Å². The van der Waals surface area contributed by atoms with Crippen molar-refractivity contribution in [3.8, 4) is 0 Å². The highest BCUT2D eigenvalue weighted by Crippen LogP contribution is 2.25. The molecule has 0 saturated heterocycles. The molecule has 0 aliphatic rings. The highest BCUT2D eigenvalue weighted by Gasteiger charge is 2.23. The Morgan fingerprint density at radius 3 is 2.58 bits per heavy atom. The van der Waals surface area contributed by atoms with Crippen molar-refractivity contribution in [1.82, 2.24) is 14.3 Å². The first-order chi connectivity index (χ1) is 14.6. The van der Waals surface area contributed by atoms with Crippen LogP contribution in [0.15, 0.2) is 40.7 Å². The highest BCUT2D eigenvalue weighted by atomic mass is 35.5. The molecule has 0 unspecified atom stereocenters. The summed E-state index contributed by atoms with van der Waals surface area (Å²) in [6.45, 7) is 3.91. The number of amides is 1. The molecular formula is C19H17Cl2N3O5S2. The molecule has 1 aromatic carbocycles. The molecule has 0 saturated carbocycles. The third-order valence-corrected chi connectivity index (χ3v) is 7.56. The van der Waals surface area contributed by atoms with Crippen molar-refractivity contribution < 1.29 is 22.7 Å². The molecule has 164 valence electrons. The number of carbonyl (C=O) groups excluding carboxylic acids is 2. The molecule has 0 spiro atoms. The number of aryl methyl sites for hydroxylation is 1. The number of nitrogens with zero attached hydrogens (tertiary/aromatic N) is 2. The van der Waals surface area contributed by atoms with Crippen LogP contribution in [0, 0.1) is 6.92 Å². The number of thiophene rings is 1. The average molecular weight is 502 g/mol. The van der Waals surface area contributed by atoms with Crippen molar-refractivity contribution in [3.05, 3.63) is 68.5 Å². The molecular weight excluding hydrogens is 485 g/mol. The van der Waals surface area contributed by atoms with E-state index in [-0.39, 0.29) is 23.1 Å². The van der Waals surface area contributed by atoms with Crippen LogP contribution in [0.2, 0.25) is 9.36 Å². The summed E-state index contributed by atoms with van der Waals surface area (Å²) < 4.78 is 33.4. The fourth-order valence-corrected chi connectivity index (χ4v) is 5.33. The predicted octanol–water partition coefficient (Wildman–Crippen LogP) is 3.90. The van der Waals surface area contributed by atoms with E-state index in [4.69, 9.17) is 27.9 Å². The topological polar surface area (TPSA) is 107 Å². The summed E-state index contributed by atoms with van der Waals surface area (Å²) in [6.07, 6.45) is 1.43. The van der Waals surface area contributed by atoms with Gasteiger partial charge in [0.2, 0.25) is 0 Å². The highest BCUT2D eigenvalue weighted by molar-refractivity contribution is 7.92. The van der Waals surface area contributed by atoms with Crippen LogP contribution in [0.25, 0.3) is 0 Å². The number of hydrogen-bond donors (Lipinski definition) is 1. The van der Waals surface area contributed by atoms with Gasteiger partial charge in [-0.05, 0) is 43.7 Å². The van der Waals surface area contributed by atoms with Crippen molar-refractivity contribution >= 4 is 56.4 Å². The quantitative estimate of drug-likeness (QED) is 0.491. The lowest BCUT2D eigenvalue weighted by atomic mass is 10.1. The fraction of sp³-hybridized carbons (Fsp3) is 0.211. The van der Waals surface area contributed by atoms with E-state index >= 15 is 0 Å². The SMILES string of the molecule is CCOC(=O)c1ccc(Cn2cc(C(=O)NS(=O)(=O)c3ccc(Cl)s3)nc2C)c(Cl)c1. The zero-order valence-corrected chi connectivity index (χ0v) is 19.5. The number of aromatic nitrogens is 2. The molecule has 2 heterocycles. The van der Waals surface area contributed by atoms with Crippen molar-refractivity contribution in [1.29, 1.82) is 0 Å². The average Bonchev–Trinajstić information content (AvgIpc) is 3.30. The van der Waals surface area contributed by atoms with Gasteiger partial charge < -0.3 is 9.30 Å². The Morgan fingerprint density at radius 2 is 1.97 bits per heavy atom. The number of carbonyl (C=O) groups is 2. The number of hydrogen-bond acceptors (Lipinski definition) is 7. The van der Waals surface area contributed by atoms with Crippen LogP contribution in [0.4, 0.5) is 0 Å². The molecule has 1 N–H and O–H groups in total. The standard InChI is InChI=1S/C19H17Cl2N3O5S2/c1-3-29-19(26)12-4-5-13(14(20)8-12)9-24-10-15(22-11(24)2)18(25)23-31(27,28)17-7-6-16(21)30-17/h4-8,10H,3,9H2,1-2H3,(H,23,25). The van der Waals surface area contributed by atoms with E-state index in [1.54, 1.807) is 30.5 Å². The van der Waals surface area contributed by atoms with Gasteiger partial charge in [-0.1, -0.05) is 29.3 Å². The lowest BCUT2D eigenvalue weighted by Crippen LogP contribution is -2.30. The van der Waals surface area contributed by atoms with Crippen molar-refractivity contribution in [2.75, 3.05) is 6.61 Å². The first kappa shape index (κ1) is 23.3. The maximum Gasteiger partial charge on any atom is 0.338 e. The van der Waals surface area contributed by atoms with E-state index in [1.165, 1.54) is 24.4 Å². The van der Waals surface area contributed by atoms with Gasteiger partial charge in [-0.3, -0.25) is 4.79 Å². The molecule has 0 bridgehead atoms. The van der Waals surface area contributed by atoms with Gasteiger partial charge in [-0.25, -0.2) is 22.9 Å². The summed E-state index contributed by atoms with van der Waals surface area (Å²) in [4.78, 5) is 28.4. The molecule has 0 fully saturated rings. The fourth-order valence-electron chi connectivity index (χ4n) is 2.65. The van der Waals surface area contributed by atoms with Gasteiger partial charge in [0, 0.05) is 11.2 Å². The number of halogens is 2. The summed E-state index contributed by atoms with van der Waals surface area (Å²) in [6, 6.07) is 7.53. The number of esters is 1. The van der Waals surface area contributed by atoms with Crippen LogP contribution in [0.5, 0.6) is 0 Å². The zero-order chi connectivity index (χ0) is 22.8. The largest absolute Gasteiger partial charge is 0.462 e. The smallest absolute Gasteiger partial charge is 0.338 e. The second-order valence-electron chi connectivity index (χ2n) is 6.32. The first-order valence-corrected chi connectivity index (χ1v) is 12.0. The van der Waals surface area contributed by atoms with E-state index in [0.29, 0.717) is 26.3 Å². The zero-order valence-electron chi connectivity index (χ0n) is 16.4. The number of benzene rings is 1. The Morgan fingerprint density at radius 1 is 1.23 bits per heavy atom. The van der Waals surface area contributed by atoms with Crippen LogP contribution in [0.1, 0.15) is 39.2 Å². The molecule has 0 aliphatic heterocycles. The van der Waals surface area contributed by atoms with Crippen LogP contribution in [-0.4, -0.2) is 36.5 Å². The number of ether oxygens (including phenoxy) is 1. The molecule has 0 atom stereocenters. The first-order valence-electron chi connectivity index (χ1n) is 8.92. The van der Waals surface area contributed by atoms with Crippen LogP contribution < -0.4 is 4.72 Å². The monoisotopic (exact) mass is 501 g/mol. The molecule has 0 radical (unpaired) electrons. The molecule has 12 heteroatoms. The summed E-state index contributed by atoms with van der Waals surface area (Å²) in [5.74, 6) is -0.857. The maximum absolute atomic E-state index is 12.4. The summed E-state index contributed by atoms with van der Waals surface area (Å²) in [7, 11) is -4.05. The second-order valence-corrected chi connectivity index (χ2v) is 10.4. The van der Waals surface area contributed by atoms with Gasteiger partial charge in [0.1, 0.15) is 15.7 Å². The summed E-state index contributed by atoms with van der Waals surface area (Å²) >= 11 is 12.9. The van der Waals surface area contributed by atoms with E-state index < -0.39 is 21.9 Å². The predicted molar refractivity (Wildman–Crippen MR) is 117 cm³/mol. The Hall–Kier alpha value is -2.40. The van der Waals surface area contributed by atoms with E-state index in [1.807, 2.05) is 4.72 Å². The number of nitrogens with one attached hydrogen (secondary N) is 1. The van der Waals surface area contributed by atoms with Gasteiger partial charge >= 0.3 is 5.97 Å². The second kappa shape index (κ2) is 9.39. The van der Waals surface area contributed by atoms with E-state index in [9.17, 15) is 18.0 Å². The minimum atomic E-state index is -4.05. The summed E-state index contributed by atoms with van der Waals surface area (Å²) in [5, 5.41) is 0.349. The van der Waals surface area contributed by atoms with Gasteiger partial charge in [0.25, 0.3) is 15.9 Å². The molecule has 1 amide bonds. The molecule has 3 aromatic rings. The third-order valence-electron chi connectivity index (χ3n) is 4.15. The van der Waals surface area contributed by atoms with Crippen LogP contribution in [0.3, 0.4) is 0 Å². The minimum absolute atomic E-state index is 0.0667. The molecule has 3 rings (SSSR count). The normalized spacial score (nSPS) is 11.4. The molecule has 8 nitrogen and oxygen atoms in total. The van der Waals surface area contributed by atoms with Gasteiger partial charge in [-0.2, -0.15) is 0 Å². The number of rotatable bonds is 7. The maximum atomic E-state index is 12.4. The van der Waals surface area contributed by atoms with Crippen molar-refractivity contribution in [2.45, 2.75) is 24.6 Å². The molecule has 2 aromatic heterocycles. The number of imidazole rings is 1. The van der Waals surface area contributed by atoms with Crippen LogP contribution >= 0.6 is 34.5 Å². The number of sulfonamides is 1. The molecule has 0 aliphatic carbocycles. The van der Waals surface area contributed by atoms with Gasteiger partial charge in [0.15, 0.2) is 0 Å².